The molecule has 28 heavy (non-hydrogen) atoms. The summed E-state index contributed by atoms with van der Waals surface area (Å²) < 4.78 is 0.282. The van der Waals surface area contributed by atoms with E-state index in [1.165, 1.54) is 23.1 Å². The first kappa shape index (κ1) is 18.1. The van der Waals surface area contributed by atoms with E-state index in [4.69, 9.17) is 17.3 Å². The molecule has 2 heterocycles. The molecule has 1 fully saturated rings. The summed E-state index contributed by atoms with van der Waals surface area (Å²) in [5, 5.41) is 18.9. The molecule has 0 unspecified atom stereocenters. The average Bonchev–Trinajstić information content (AvgIpc) is 2.95. The number of carboxylic acids is 1. The largest absolute Gasteiger partial charge is 0.507 e. The molecule has 2 N–H and O–H groups in total. The number of carbonyl (C=O) groups excluding carboxylic acids is 1. The second-order valence-electron chi connectivity index (χ2n) is 5.80. The van der Waals surface area contributed by atoms with E-state index in [9.17, 15) is 14.7 Å². The smallest absolute Gasteiger partial charge is 0.339 e. The van der Waals surface area contributed by atoms with Crippen LogP contribution >= 0.6 is 24.0 Å². The van der Waals surface area contributed by atoms with Crippen molar-refractivity contribution in [1.29, 1.82) is 0 Å². The van der Waals surface area contributed by atoms with Crippen molar-refractivity contribution in [3.05, 3.63) is 64.8 Å². The Morgan fingerprint density at radius 3 is 2.71 bits per heavy atom. The van der Waals surface area contributed by atoms with E-state index in [-0.39, 0.29) is 15.8 Å². The summed E-state index contributed by atoms with van der Waals surface area (Å²) in [5.41, 5.74) is 2.15. The molecule has 0 atom stereocenters. The Labute approximate surface area is 168 Å². The lowest BCUT2D eigenvalue weighted by atomic mass is 10.1. The van der Waals surface area contributed by atoms with Crippen molar-refractivity contribution in [3.63, 3.8) is 0 Å². The van der Waals surface area contributed by atoms with E-state index in [1.54, 1.807) is 18.5 Å². The fraction of sp³-hybridized carbons (Fsp3) is 0. The summed E-state index contributed by atoms with van der Waals surface area (Å²) in [6.45, 7) is 0. The van der Waals surface area contributed by atoms with Crippen molar-refractivity contribution >= 4 is 63.0 Å². The number of hydrogen-bond donors (Lipinski definition) is 2. The number of rotatable bonds is 3. The van der Waals surface area contributed by atoms with Gasteiger partial charge in [0.05, 0.1) is 21.6 Å². The van der Waals surface area contributed by atoms with Gasteiger partial charge in [0, 0.05) is 24.0 Å². The minimum atomic E-state index is -1.26. The molecule has 9 heteroatoms. The van der Waals surface area contributed by atoms with Crippen LogP contribution in [0.4, 0.5) is 5.69 Å². The lowest BCUT2D eigenvalue weighted by Gasteiger charge is -2.15. The van der Waals surface area contributed by atoms with Crippen molar-refractivity contribution in [2.45, 2.75) is 0 Å². The Kier molecular flexibility index (Phi) is 4.54. The molecule has 0 aliphatic carbocycles. The summed E-state index contributed by atoms with van der Waals surface area (Å²) in [5.74, 6) is -2.06. The molecule has 1 saturated heterocycles. The number of carboxylic acid groups (broad SMARTS) is 1. The van der Waals surface area contributed by atoms with Gasteiger partial charge in [-0.1, -0.05) is 36.1 Å². The molecule has 0 bridgehead atoms. The van der Waals surface area contributed by atoms with E-state index in [0.717, 1.165) is 17.3 Å². The fourth-order valence-corrected chi connectivity index (χ4v) is 4.09. The predicted octanol–water partition coefficient (Wildman–Crippen LogP) is 3.44. The van der Waals surface area contributed by atoms with Crippen LogP contribution in [0.15, 0.2) is 53.7 Å². The zero-order valence-electron chi connectivity index (χ0n) is 14.1. The third kappa shape index (κ3) is 3.10. The standard InChI is InChI=1S/C19H11N3O4S2/c23-14-9-11(4-5-12(14)18(25)26)22-17(24)15(28-19(22)27)8-10-2-1-3-13-16(10)21-7-6-20-13/h1-9,23H,(H,25,26). The van der Waals surface area contributed by atoms with Crippen LogP contribution in [0.25, 0.3) is 17.1 Å². The Hall–Kier alpha value is -3.30. The van der Waals surface area contributed by atoms with Crippen LogP contribution in [-0.2, 0) is 4.79 Å². The number of para-hydroxylation sites is 1. The van der Waals surface area contributed by atoms with Crippen molar-refractivity contribution in [3.8, 4) is 5.75 Å². The molecule has 7 nitrogen and oxygen atoms in total. The van der Waals surface area contributed by atoms with Gasteiger partial charge >= 0.3 is 5.97 Å². The second kappa shape index (κ2) is 7.02. The van der Waals surface area contributed by atoms with Gasteiger partial charge in [-0.3, -0.25) is 19.7 Å². The number of anilines is 1. The van der Waals surface area contributed by atoms with Gasteiger partial charge < -0.3 is 10.2 Å². The molecule has 0 radical (unpaired) electrons. The van der Waals surface area contributed by atoms with Gasteiger partial charge in [0.2, 0.25) is 0 Å². The highest BCUT2D eigenvalue weighted by Gasteiger charge is 2.34. The maximum Gasteiger partial charge on any atom is 0.339 e. The van der Waals surface area contributed by atoms with Gasteiger partial charge in [0.15, 0.2) is 4.32 Å². The highest BCUT2D eigenvalue weighted by molar-refractivity contribution is 8.27. The van der Waals surface area contributed by atoms with Gasteiger partial charge in [-0.2, -0.15) is 0 Å². The molecular formula is C19H11N3O4S2. The average molecular weight is 409 g/mol. The number of fused-ring (bicyclic) bond motifs is 1. The van der Waals surface area contributed by atoms with Crippen molar-refractivity contribution in [2.75, 3.05) is 4.90 Å². The number of amides is 1. The minimum absolute atomic E-state index is 0.251. The van der Waals surface area contributed by atoms with Crippen LogP contribution in [0.5, 0.6) is 5.75 Å². The number of benzene rings is 2. The van der Waals surface area contributed by atoms with E-state index in [1.807, 2.05) is 18.2 Å². The number of aromatic carboxylic acids is 1. The van der Waals surface area contributed by atoms with Gasteiger partial charge in [-0.05, 0) is 24.3 Å². The quantitative estimate of drug-likeness (QED) is 0.501. The van der Waals surface area contributed by atoms with E-state index in [0.29, 0.717) is 21.6 Å². The number of thioether (sulfide) groups is 1. The predicted molar refractivity (Wildman–Crippen MR) is 110 cm³/mol. The molecule has 2 aromatic carbocycles. The maximum absolute atomic E-state index is 12.9. The summed E-state index contributed by atoms with van der Waals surface area (Å²) >= 11 is 6.44. The van der Waals surface area contributed by atoms with Crippen LogP contribution in [0.2, 0.25) is 0 Å². The summed E-state index contributed by atoms with van der Waals surface area (Å²) in [6.07, 6.45) is 4.87. The van der Waals surface area contributed by atoms with Crippen molar-refractivity contribution < 1.29 is 19.8 Å². The first-order valence-electron chi connectivity index (χ1n) is 8.00. The van der Waals surface area contributed by atoms with Crippen LogP contribution in [0.3, 0.4) is 0 Å². The number of nitrogens with zero attached hydrogens (tertiary/aromatic N) is 3. The molecule has 1 amide bonds. The lowest BCUT2D eigenvalue weighted by Crippen LogP contribution is -2.27. The van der Waals surface area contributed by atoms with Crippen LogP contribution in [0.1, 0.15) is 15.9 Å². The summed E-state index contributed by atoms with van der Waals surface area (Å²) in [7, 11) is 0. The molecule has 138 valence electrons. The first-order chi connectivity index (χ1) is 13.5. The highest BCUT2D eigenvalue weighted by Crippen LogP contribution is 2.38. The highest BCUT2D eigenvalue weighted by atomic mass is 32.2. The molecule has 0 saturated carbocycles. The van der Waals surface area contributed by atoms with Crippen molar-refractivity contribution in [2.24, 2.45) is 0 Å². The molecule has 3 aromatic rings. The van der Waals surface area contributed by atoms with Crippen LogP contribution < -0.4 is 4.90 Å². The molecule has 4 rings (SSSR count). The normalized spacial score (nSPS) is 15.6. The Morgan fingerprint density at radius 1 is 1.18 bits per heavy atom. The molecule has 1 aliphatic heterocycles. The van der Waals surface area contributed by atoms with E-state index in [2.05, 4.69) is 9.97 Å². The van der Waals surface area contributed by atoms with Gasteiger partial charge in [0.25, 0.3) is 5.91 Å². The minimum Gasteiger partial charge on any atom is -0.507 e. The first-order valence-corrected chi connectivity index (χ1v) is 9.22. The Bertz CT molecular complexity index is 1190. The Balaban J connectivity index is 1.72. The van der Waals surface area contributed by atoms with E-state index >= 15 is 0 Å². The fourth-order valence-electron chi connectivity index (χ4n) is 2.80. The van der Waals surface area contributed by atoms with Gasteiger partial charge in [-0.25, -0.2) is 4.79 Å². The van der Waals surface area contributed by atoms with Gasteiger partial charge in [-0.15, -0.1) is 0 Å². The summed E-state index contributed by atoms with van der Waals surface area (Å²) in [4.78, 5) is 34.2. The molecule has 0 spiro atoms. The monoisotopic (exact) mass is 409 g/mol. The molecule has 1 aromatic heterocycles. The number of thiocarbonyl (C=S) groups is 1. The molecular weight excluding hydrogens is 398 g/mol. The van der Waals surface area contributed by atoms with E-state index < -0.39 is 11.7 Å². The van der Waals surface area contributed by atoms with Crippen molar-refractivity contribution in [1.82, 2.24) is 9.97 Å². The number of aromatic hydroxyl groups is 1. The number of aromatic nitrogens is 2. The third-order valence-electron chi connectivity index (χ3n) is 4.08. The maximum atomic E-state index is 12.9. The SMILES string of the molecule is O=C(O)c1ccc(N2C(=O)C(=Cc3cccc4nccnc34)SC2=S)cc1O. The zero-order chi connectivity index (χ0) is 19.8. The molecule has 1 aliphatic rings. The lowest BCUT2D eigenvalue weighted by molar-refractivity contribution is -0.113. The van der Waals surface area contributed by atoms with Crippen LogP contribution in [-0.4, -0.2) is 36.4 Å². The topological polar surface area (TPSA) is 104 Å². The number of hydrogen-bond acceptors (Lipinski definition) is 7. The summed E-state index contributed by atoms with van der Waals surface area (Å²) in [6, 6.07) is 9.36. The van der Waals surface area contributed by atoms with Gasteiger partial charge in [0.1, 0.15) is 11.3 Å². The Morgan fingerprint density at radius 2 is 1.96 bits per heavy atom. The third-order valence-corrected chi connectivity index (χ3v) is 5.38. The zero-order valence-corrected chi connectivity index (χ0v) is 15.7. The number of phenols is 1. The second-order valence-corrected chi connectivity index (χ2v) is 7.47. The van der Waals surface area contributed by atoms with Crippen LogP contribution in [0, 0.1) is 0 Å². The number of carbonyl (C=O) groups is 2.